The number of nitrogens with zero attached hydrogens (tertiary/aromatic N) is 4. The molecule has 2 aromatic heterocycles. The van der Waals surface area contributed by atoms with Crippen LogP contribution < -0.4 is 5.32 Å². The summed E-state index contributed by atoms with van der Waals surface area (Å²) in [6, 6.07) is 9.73. The average molecular weight is 297 g/mol. The molecule has 1 aromatic carbocycles. The van der Waals surface area contributed by atoms with Crippen molar-refractivity contribution in [2.45, 2.75) is 0 Å². The monoisotopic (exact) mass is 297 g/mol. The van der Waals surface area contributed by atoms with Gasteiger partial charge in [-0.25, -0.2) is 19.9 Å². The van der Waals surface area contributed by atoms with Crippen LogP contribution in [-0.2, 0) is 0 Å². The Morgan fingerprint density at radius 2 is 1.81 bits per heavy atom. The fraction of sp³-hybridized carbons (Fsp3) is 0.200. The first-order chi connectivity index (χ1) is 10.4. The van der Waals surface area contributed by atoms with E-state index in [0.717, 1.165) is 29.0 Å². The SMILES string of the molecule is CSCCNc1nc(-c2ncccn2)nc2ccccc12. The zero-order chi connectivity index (χ0) is 14.5. The number of thioether (sulfide) groups is 1. The van der Waals surface area contributed by atoms with Gasteiger partial charge in [-0.1, -0.05) is 12.1 Å². The standard InChI is InChI=1S/C15H15N5S/c1-21-10-9-18-13-11-5-2-3-6-12(11)19-15(20-13)14-16-7-4-8-17-14/h2-8H,9-10H2,1H3,(H,18,19,20). The van der Waals surface area contributed by atoms with E-state index >= 15 is 0 Å². The molecule has 0 aliphatic rings. The fourth-order valence-electron chi connectivity index (χ4n) is 2.00. The lowest BCUT2D eigenvalue weighted by Crippen LogP contribution is -2.08. The Hall–Kier alpha value is -2.21. The summed E-state index contributed by atoms with van der Waals surface area (Å²) >= 11 is 1.80. The molecule has 0 unspecified atom stereocenters. The van der Waals surface area contributed by atoms with Crippen LogP contribution in [0.15, 0.2) is 42.7 Å². The third-order valence-corrected chi connectivity index (χ3v) is 3.58. The summed E-state index contributed by atoms with van der Waals surface area (Å²) in [5, 5.41) is 4.38. The Kier molecular flexibility index (Phi) is 4.25. The lowest BCUT2D eigenvalue weighted by molar-refractivity contribution is 1.09. The van der Waals surface area contributed by atoms with Gasteiger partial charge in [-0.3, -0.25) is 0 Å². The van der Waals surface area contributed by atoms with E-state index in [-0.39, 0.29) is 0 Å². The van der Waals surface area contributed by atoms with Crippen molar-refractivity contribution in [3.8, 4) is 11.6 Å². The quantitative estimate of drug-likeness (QED) is 0.731. The summed E-state index contributed by atoms with van der Waals surface area (Å²) in [5.74, 6) is 2.93. The van der Waals surface area contributed by atoms with Crippen LogP contribution in [-0.4, -0.2) is 38.5 Å². The van der Waals surface area contributed by atoms with Gasteiger partial charge in [-0.2, -0.15) is 11.8 Å². The van der Waals surface area contributed by atoms with Crippen molar-refractivity contribution in [1.82, 2.24) is 19.9 Å². The third kappa shape index (κ3) is 3.11. The van der Waals surface area contributed by atoms with Gasteiger partial charge in [0.2, 0.25) is 0 Å². The Labute approximate surface area is 127 Å². The molecule has 5 nitrogen and oxygen atoms in total. The van der Waals surface area contributed by atoms with Gasteiger partial charge in [-0.15, -0.1) is 0 Å². The molecule has 0 bridgehead atoms. The molecule has 106 valence electrons. The smallest absolute Gasteiger partial charge is 0.200 e. The van der Waals surface area contributed by atoms with Crippen LogP contribution in [0.4, 0.5) is 5.82 Å². The molecule has 0 atom stereocenters. The van der Waals surface area contributed by atoms with Gasteiger partial charge < -0.3 is 5.32 Å². The number of anilines is 1. The molecule has 6 heteroatoms. The average Bonchev–Trinajstić information content (AvgIpc) is 2.55. The highest BCUT2D eigenvalue weighted by Gasteiger charge is 2.10. The molecule has 0 fully saturated rings. The molecule has 1 N–H and O–H groups in total. The zero-order valence-electron chi connectivity index (χ0n) is 11.7. The molecular formula is C15H15N5S. The summed E-state index contributed by atoms with van der Waals surface area (Å²) in [6.45, 7) is 0.858. The second-order valence-corrected chi connectivity index (χ2v) is 5.39. The van der Waals surface area contributed by atoms with Crippen molar-refractivity contribution < 1.29 is 0 Å². The Bertz CT molecular complexity index is 732. The van der Waals surface area contributed by atoms with Gasteiger partial charge in [0.15, 0.2) is 11.6 Å². The van der Waals surface area contributed by atoms with Gasteiger partial charge in [-0.05, 0) is 24.5 Å². The van der Waals surface area contributed by atoms with E-state index < -0.39 is 0 Å². The molecule has 0 radical (unpaired) electrons. The van der Waals surface area contributed by atoms with E-state index in [1.807, 2.05) is 24.3 Å². The third-order valence-electron chi connectivity index (χ3n) is 2.97. The summed E-state index contributed by atoms with van der Waals surface area (Å²) in [6.07, 6.45) is 5.48. The zero-order valence-corrected chi connectivity index (χ0v) is 12.5. The summed E-state index contributed by atoms with van der Waals surface area (Å²) < 4.78 is 0. The topological polar surface area (TPSA) is 63.6 Å². The van der Waals surface area contributed by atoms with E-state index in [2.05, 4.69) is 31.5 Å². The van der Waals surface area contributed by atoms with Crippen LogP contribution in [0.2, 0.25) is 0 Å². The summed E-state index contributed by atoms with van der Waals surface area (Å²) in [7, 11) is 0. The highest BCUT2D eigenvalue weighted by atomic mass is 32.2. The van der Waals surface area contributed by atoms with Gasteiger partial charge in [0, 0.05) is 30.1 Å². The number of fused-ring (bicyclic) bond motifs is 1. The fourth-order valence-corrected chi connectivity index (χ4v) is 2.30. The van der Waals surface area contributed by atoms with E-state index in [1.54, 1.807) is 30.2 Å². The normalized spacial score (nSPS) is 10.7. The predicted octanol–water partition coefficient (Wildman–Crippen LogP) is 2.86. The Morgan fingerprint density at radius 3 is 2.62 bits per heavy atom. The molecule has 3 rings (SSSR count). The number of para-hydroxylation sites is 1. The number of benzene rings is 1. The van der Waals surface area contributed by atoms with E-state index in [9.17, 15) is 0 Å². The van der Waals surface area contributed by atoms with Crippen LogP contribution in [0.25, 0.3) is 22.6 Å². The highest BCUT2D eigenvalue weighted by Crippen LogP contribution is 2.23. The van der Waals surface area contributed by atoms with E-state index in [4.69, 9.17) is 0 Å². The van der Waals surface area contributed by atoms with Crippen molar-refractivity contribution in [3.05, 3.63) is 42.7 Å². The molecule has 21 heavy (non-hydrogen) atoms. The van der Waals surface area contributed by atoms with Crippen molar-refractivity contribution in [1.29, 1.82) is 0 Å². The van der Waals surface area contributed by atoms with Gasteiger partial charge >= 0.3 is 0 Å². The van der Waals surface area contributed by atoms with Gasteiger partial charge in [0.05, 0.1) is 5.52 Å². The number of hydrogen-bond acceptors (Lipinski definition) is 6. The molecule has 0 aliphatic carbocycles. The first kappa shape index (κ1) is 13.8. The maximum atomic E-state index is 4.59. The minimum atomic E-state index is 0.538. The highest BCUT2D eigenvalue weighted by molar-refractivity contribution is 7.98. The lowest BCUT2D eigenvalue weighted by Gasteiger charge is -2.09. The number of aromatic nitrogens is 4. The maximum Gasteiger partial charge on any atom is 0.200 e. The van der Waals surface area contributed by atoms with Crippen molar-refractivity contribution in [2.24, 2.45) is 0 Å². The van der Waals surface area contributed by atoms with E-state index in [1.165, 1.54) is 0 Å². The Morgan fingerprint density at radius 1 is 1.00 bits per heavy atom. The second-order valence-electron chi connectivity index (χ2n) is 4.40. The molecule has 0 aliphatic heterocycles. The van der Waals surface area contributed by atoms with Crippen LogP contribution in [0.1, 0.15) is 0 Å². The molecule has 0 amide bonds. The van der Waals surface area contributed by atoms with E-state index in [0.29, 0.717) is 11.6 Å². The molecule has 0 spiro atoms. The maximum absolute atomic E-state index is 4.59. The van der Waals surface area contributed by atoms with Crippen LogP contribution in [0.5, 0.6) is 0 Å². The van der Waals surface area contributed by atoms with Gasteiger partial charge in [0.25, 0.3) is 0 Å². The molecule has 3 aromatic rings. The number of hydrogen-bond donors (Lipinski definition) is 1. The number of nitrogens with one attached hydrogen (secondary N) is 1. The molecular weight excluding hydrogens is 282 g/mol. The molecule has 0 saturated carbocycles. The lowest BCUT2D eigenvalue weighted by atomic mass is 10.2. The largest absolute Gasteiger partial charge is 0.369 e. The first-order valence-electron chi connectivity index (χ1n) is 6.65. The van der Waals surface area contributed by atoms with Crippen molar-refractivity contribution >= 4 is 28.5 Å². The number of rotatable bonds is 5. The second kappa shape index (κ2) is 6.49. The minimum Gasteiger partial charge on any atom is -0.369 e. The van der Waals surface area contributed by atoms with Crippen molar-refractivity contribution in [2.75, 3.05) is 23.9 Å². The van der Waals surface area contributed by atoms with Crippen LogP contribution in [0.3, 0.4) is 0 Å². The first-order valence-corrected chi connectivity index (χ1v) is 8.05. The molecule has 2 heterocycles. The Balaban J connectivity index is 2.06. The van der Waals surface area contributed by atoms with Crippen LogP contribution in [0, 0.1) is 0 Å². The summed E-state index contributed by atoms with van der Waals surface area (Å²) in [5.41, 5.74) is 0.890. The molecule has 0 saturated heterocycles. The minimum absolute atomic E-state index is 0.538. The summed E-state index contributed by atoms with van der Waals surface area (Å²) in [4.78, 5) is 17.6. The van der Waals surface area contributed by atoms with Crippen molar-refractivity contribution in [3.63, 3.8) is 0 Å². The van der Waals surface area contributed by atoms with Gasteiger partial charge in [0.1, 0.15) is 5.82 Å². The predicted molar refractivity (Wildman–Crippen MR) is 87.4 cm³/mol. The van der Waals surface area contributed by atoms with Crippen LogP contribution >= 0.6 is 11.8 Å².